The standard InChI is InChI=1S/C19H28N2O3S/c1-16-8-10-18(11-9-16)25(23,24)21-14-6-7-17(15-21)19(22)20-12-4-2-3-5-13-20/h8-11,17H,2-7,12-15H2,1H3/t17-/m1/s1. The molecule has 1 amide bonds. The summed E-state index contributed by atoms with van der Waals surface area (Å²) in [6, 6.07) is 6.95. The highest BCUT2D eigenvalue weighted by atomic mass is 32.2. The molecule has 5 nitrogen and oxygen atoms in total. The molecule has 3 rings (SSSR count). The maximum absolute atomic E-state index is 12.9. The number of sulfonamides is 1. The number of rotatable bonds is 3. The molecule has 138 valence electrons. The van der Waals surface area contributed by atoms with Gasteiger partial charge in [0.25, 0.3) is 0 Å². The second-order valence-corrected chi connectivity index (χ2v) is 9.19. The van der Waals surface area contributed by atoms with Gasteiger partial charge in [0, 0.05) is 26.2 Å². The van der Waals surface area contributed by atoms with Crippen LogP contribution in [0.15, 0.2) is 29.2 Å². The molecule has 2 aliphatic rings. The van der Waals surface area contributed by atoms with Gasteiger partial charge in [-0.15, -0.1) is 0 Å². The Balaban J connectivity index is 1.71. The Hall–Kier alpha value is -1.40. The number of amides is 1. The van der Waals surface area contributed by atoms with Crippen LogP contribution in [0.25, 0.3) is 0 Å². The van der Waals surface area contributed by atoms with Crippen molar-refractivity contribution >= 4 is 15.9 Å². The number of carbonyl (C=O) groups excluding carboxylic acids is 1. The smallest absolute Gasteiger partial charge is 0.243 e. The molecule has 0 bridgehead atoms. The monoisotopic (exact) mass is 364 g/mol. The average Bonchev–Trinajstić information content (AvgIpc) is 2.91. The number of hydrogen-bond acceptors (Lipinski definition) is 3. The van der Waals surface area contributed by atoms with Crippen LogP contribution in [-0.2, 0) is 14.8 Å². The molecule has 2 heterocycles. The largest absolute Gasteiger partial charge is 0.342 e. The normalized spacial score (nSPS) is 23.2. The van der Waals surface area contributed by atoms with Crippen LogP contribution in [0.1, 0.15) is 44.1 Å². The van der Waals surface area contributed by atoms with Crippen molar-refractivity contribution in [1.29, 1.82) is 0 Å². The van der Waals surface area contributed by atoms with Crippen molar-refractivity contribution in [2.45, 2.75) is 50.3 Å². The van der Waals surface area contributed by atoms with Gasteiger partial charge in [0.15, 0.2) is 0 Å². The van der Waals surface area contributed by atoms with Crippen LogP contribution in [0, 0.1) is 12.8 Å². The lowest BCUT2D eigenvalue weighted by Gasteiger charge is -2.34. The Morgan fingerprint density at radius 1 is 0.960 bits per heavy atom. The molecule has 2 aliphatic heterocycles. The topological polar surface area (TPSA) is 57.7 Å². The van der Waals surface area contributed by atoms with Gasteiger partial charge in [-0.1, -0.05) is 30.5 Å². The predicted octanol–water partition coefficient (Wildman–Crippen LogP) is 2.80. The predicted molar refractivity (Wildman–Crippen MR) is 97.7 cm³/mol. The Labute approximate surface area is 151 Å². The van der Waals surface area contributed by atoms with Crippen molar-refractivity contribution in [1.82, 2.24) is 9.21 Å². The van der Waals surface area contributed by atoms with E-state index >= 15 is 0 Å². The first-order valence-corrected chi connectivity index (χ1v) is 10.8. The molecule has 0 N–H and O–H groups in total. The van der Waals surface area contributed by atoms with Crippen LogP contribution in [0.3, 0.4) is 0 Å². The summed E-state index contributed by atoms with van der Waals surface area (Å²) in [5.74, 6) is -0.0576. The van der Waals surface area contributed by atoms with E-state index in [2.05, 4.69) is 0 Å². The lowest BCUT2D eigenvalue weighted by molar-refractivity contribution is -0.136. The zero-order valence-corrected chi connectivity index (χ0v) is 15.8. The van der Waals surface area contributed by atoms with Gasteiger partial charge in [0.1, 0.15) is 0 Å². The maximum atomic E-state index is 12.9. The number of likely N-dealkylation sites (tertiary alicyclic amines) is 1. The SMILES string of the molecule is Cc1ccc(S(=O)(=O)N2CCC[C@@H](C(=O)N3CCCCCC3)C2)cc1. The molecule has 0 aromatic heterocycles. The fourth-order valence-electron chi connectivity index (χ4n) is 3.77. The third-order valence-corrected chi connectivity index (χ3v) is 7.19. The number of hydrogen-bond donors (Lipinski definition) is 0. The third kappa shape index (κ3) is 4.23. The first-order chi connectivity index (χ1) is 12.0. The summed E-state index contributed by atoms with van der Waals surface area (Å²) in [4.78, 5) is 15.1. The van der Waals surface area contributed by atoms with E-state index in [4.69, 9.17) is 0 Å². The van der Waals surface area contributed by atoms with Crippen LogP contribution in [0.4, 0.5) is 0 Å². The summed E-state index contributed by atoms with van der Waals surface area (Å²) in [6.07, 6.45) is 6.02. The molecule has 1 aromatic rings. The Morgan fingerprint density at radius 2 is 1.60 bits per heavy atom. The molecule has 0 radical (unpaired) electrons. The maximum Gasteiger partial charge on any atom is 0.243 e. The molecule has 1 atom stereocenters. The number of piperidine rings is 1. The summed E-state index contributed by atoms with van der Waals surface area (Å²) in [6.45, 7) is 4.39. The van der Waals surface area contributed by atoms with Crippen LogP contribution < -0.4 is 0 Å². The number of aryl methyl sites for hydroxylation is 1. The number of nitrogens with zero attached hydrogens (tertiary/aromatic N) is 2. The summed E-state index contributed by atoms with van der Waals surface area (Å²) in [7, 11) is -3.52. The lowest BCUT2D eigenvalue weighted by atomic mass is 9.98. The Kier molecular flexibility index (Phi) is 5.79. The van der Waals surface area contributed by atoms with Gasteiger partial charge in [-0.2, -0.15) is 4.31 Å². The molecule has 0 saturated carbocycles. The first kappa shape index (κ1) is 18.4. The van der Waals surface area contributed by atoms with Crippen molar-refractivity contribution in [2.24, 2.45) is 5.92 Å². The summed E-state index contributed by atoms with van der Waals surface area (Å²) in [5.41, 5.74) is 1.03. The van der Waals surface area contributed by atoms with E-state index in [0.29, 0.717) is 18.0 Å². The quantitative estimate of drug-likeness (QED) is 0.829. The molecule has 1 aromatic carbocycles. The van der Waals surface area contributed by atoms with Gasteiger partial charge in [-0.05, 0) is 44.7 Å². The molecule has 0 spiro atoms. The Morgan fingerprint density at radius 3 is 2.24 bits per heavy atom. The van der Waals surface area contributed by atoms with E-state index in [-0.39, 0.29) is 11.8 Å². The average molecular weight is 365 g/mol. The molecular formula is C19H28N2O3S. The van der Waals surface area contributed by atoms with Gasteiger partial charge in [-0.3, -0.25) is 4.79 Å². The van der Waals surface area contributed by atoms with Gasteiger partial charge in [0.2, 0.25) is 15.9 Å². The van der Waals surface area contributed by atoms with E-state index in [1.54, 1.807) is 12.1 Å². The minimum atomic E-state index is -3.52. The second kappa shape index (κ2) is 7.87. The minimum absolute atomic E-state index is 0.144. The molecule has 0 aliphatic carbocycles. The zero-order valence-electron chi connectivity index (χ0n) is 15.0. The van der Waals surface area contributed by atoms with Gasteiger partial charge in [-0.25, -0.2) is 8.42 Å². The van der Waals surface area contributed by atoms with Crippen molar-refractivity contribution < 1.29 is 13.2 Å². The first-order valence-electron chi connectivity index (χ1n) is 9.34. The van der Waals surface area contributed by atoms with Gasteiger partial charge in [0.05, 0.1) is 10.8 Å². The lowest BCUT2D eigenvalue weighted by Crippen LogP contribution is -2.46. The number of benzene rings is 1. The summed E-state index contributed by atoms with van der Waals surface area (Å²) in [5, 5.41) is 0. The van der Waals surface area contributed by atoms with Crippen molar-refractivity contribution in [3.05, 3.63) is 29.8 Å². The van der Waals surface area contributed by atoms with E-state index in [1.165, 1.54) is 17.1 Å². The fraction of sp³-hybridized carbons (Fsp3) is 0.632. The molecule has 6 heteroatoms. The van der Waals surface area contributed by atoms with Crippen LogP contribution in [0.5, 0.6) is 0 Å². The molecule has 2 fully saturated rings. The van der Waals surface area contributed by atoms with E-state index < -0.39 is 10.0 Å². The zero-order chi connectivity index (χ0) is 17.9. The molecule has 25 heavy (non-hydrogen) atoms. The highest BCUT2D eigenvalue weighted by molar-refractivity contribution is 7.89. The van der Waals surface area contributed by atoms with Crippen molar-refractivity contribution in [3.63, 3.8) is 0 Å². The fourth-order valence-corrected chi connectivity index (χ4v) is 5.29. The van der Waals surface area contributed by atoms with Gasteiger partial charge < -0.3 is 4.90 Å². The molecule has 2 saturated heterocycles. The highest BCUT2D eigenvalue weighted by Crippen LogP contribution is 2.26. The molecule has 0 unspecified atom stereocenters. The summed E-state index contributed by atoms with van der Waals surface area (Å²) < 4.78 is 27.3. The highest BCUT2D eigenvalue weighted by Gasteiger charge is 2.35. The van der Waals surface area contributed by atoms with E-state index in [0.717, 1.165) is 44.3 Å². The van der Waals surface area contributed by atoms with Crippen LogP contribution in [0.2, 0.25) is 0 Å². The van der Waals surface area contributed by atoms with Gasteiger partial charge >= 0.3 is 0 Å². The Bertz CT molecular complexity index is 692. The third-order valence-electron chi connectivity index (χ3n) is 5.31. The van der Waals surface area contributed by atoms with Crippen molar-refractivity contribution in [2.75, 3.05) is 26.2 Å². The van der Waals surface area contributed by atoms with Crippen LogP contribution in [-0.4, -0.2) is 49.7 Å². The minimum Gasteiger partial charge on any atom is -0.342 e. The van der Waals surface area contributed by atoms with Crippen LogP contribution >= 0.6 is 0 Å². The summed E-state index contributed by atoms with van der Waals surface area (Å²) >= 11 is 0. The second-order valence-electron chi connectivity index (χ2n) is 7.25. The van der Waals surface area contributed by atoms with Crippen molar-refractivity contribution in [3.8, 4) is 0 Å². The van der Waals surface area contributed by atoms with E-state index in [9.17, 15) is 13.2 Å². The molecular weight excluding hydrogens is 336 g/mol. The van der Waals surface area contributed by atoms with E-state index in [1.807, 2.05) is 24.0 Å². The number of carbonyl (C=O) groups is 1.